The van der Waals surface area contributed by atoms with Crippen LogP contribution in [0.1, 0.15) is 18.4 Å². The zero-order valence-corrected chi connectivity index (χ0v) is 10.3. The highest BCUT2D eigenvalue weighted by atomic mass is 79.9. The van der Waals surface area contributed by atoms with E-state index < -0.39 is 13.8 Å². The molecule has 1 aromatic rings. The van der Waals surface area contributed by atoms with E-state index in [9.17, 15) is 8.42 Å². The van der Waals surface area contributed by atoms with E-state index in [0.29, 0.717) is 23.9 Å². The first-order chi connectivity index (χ1) is 6.43. The summed E-state index contributed by atoms with van der Waals surface area (Å²) in [4.78, 5) is 0. The highest BCUT2D eigenvalue weighted by Gasteiger charge is 2.53. The maximum absolute atomic E-state index is 11.2. The van der Waals surface area contributed by atoms with Crippen molar-refractivity contribution >= 4 is 35.7 Å². The predicted molar refractivity (Wildman–Crippen MR) is 56.8 cm³/mol. The van der Waals surface area contributed by atoms with Gasteiger partial charge < -0.3 is 4.42 Å². The second-order valence-corrected chi connectivity index (χ2v) is 7.30. The van der Waals surface area contributed by atoms with Gasteiger partial charge in [0.1, 0.15) is 0 Å². The van der Waals surface area contributed by atoms with Crippen LogP contribution in [0.15, 0.2) is 21.4 Å². The maximum Gasteiger partial charge on any atom is 0.238 e. The molecule has 0 saturated heterocycles. The molecule has 0 unspecified atom stereocenters. The lowest BCUT2D eigenvalue weighted by atomic mass is 10.2. The molecule has 14 heavy (non-hydrogen) atoms. The molecule has 0 radical (unpaired) electrons. The first-order valence-electron chi connectivity index (χ1n) is 4.10. The van der Waals surface area contributed by atoms with Crippen LogP contribution in [0, 0.1) is 0 Å². The molecule has 0 aromatic carbocycles. The molecule has 2 rings (SSSR count). The van der Waals surface area contributed by atoms with Crippen LogP contribution < -0.4 is 0 Å². The third kappa shape index (κ3) is 1.85. The van der Waals surface area contributed by atoms with Gasteiger partial charge in [-0.25, -0.2) is 8.42 Å². The molecule has 1 saturated carbocycles. The smallest absolute Gasteiger partial charge is 0.238 e. The molecule has 0 amide bonds. The van der Waals surface area contributed by atoms with Crippen LogP contribution in [0.2, 0.25) is 0 Å². The summed E-state index contributed by atoms with van der Waals surface area (Å²) in [5.74, 6) is 0. The van der Waals surface area contributed by atoms with E-state index in [1.54, 1.807) is 12.3 Å². The minimum Gasteiger partial charge on any atom is -0.457 e. The summed E-state index contributed by atoms with van der Waals surface area (Å²) in [6.45, 7) is 0. The van der Waals surface area contributed by atoms with Crippen LogP contribution in [-0.2, 0) is 15.5 Å². The van der Waals surface area contributed by atoms with Gasteiger partial charge in [-0.3, -0.25) is 0 Å². The minimum atomic E-state index is -3.46. The number of furan rings is 1. The lowest BCUT2D eigenvalue weighted by Crippen LogP contribution is -2.20. The Labute approximate surface area is 95.0 Å². The quantitative estimate of drug-likeness (QED) is 0.806. The highest BCUT2D eigenvalue weighted by molar-refractivity contribution is 9.10. The van der Waals surface area contributed by atoms with Crippen molar-refractivity contribution in [3.05, 3.63) is 22.6 Å². The molecule has 0 aliphatic heterocycles. The Hall–Kier alpha value is -0.000000000000000111. The Bertz CT molecular complexity index is 447. The van der Waals surface area contributed by atoms with Crippen molar-refractivity contribution in [1.82, 2.24) is 0 Å². The fraction of sp³-hybridized carbons (Fsp3) is 0.500. The normalized spacial score (nSPS) is 19.6. The third-order valence-corrected chi connectivity index (χ3v) is 5.46. The van der Waals surface area contributed by atoms with Crippen molar-refractivity contribution in [3.8, 4) is 0 Å². The van der Waals surface area contributed by atoms with Crippen molar-refractivity contribution in [2.45, 2.75) is 24.0 Å². The summed E-state index contributed by atoms with van der Waals surface area (Å²) in [5.41, 5.74) is 0.860. The Morgan fingerprint density at radius 2 is 2.21 bits per heavy atom. The molecule has 0 atom stereocenters. The van der Waals surface area contributed by atoms with E-state index in [0.717, 1.165) is 5.56 Å². The average Bonchev–Trinajstić information content (AvgIpc) is 2.71. The monoisotopic (exact) mass is 298 g/mol. The SMILES string of the molecule is O=S(=O)(Cl)C1(Cc2coc(Br)c2)CC1. The topological polar surface area (TPSA) is 47.3 Å². The average molecular weight is 300 g/mol. The lowest BCUT2D eigenvalue weighted by molar-refractivity contribution is 0.537. The van der Waals surface area contributed by atoms with Gasteiger partial charge in [0.15, 0.2) is 4.67 Å². The fourth-order valence-electron chi connectivity index (χ4n) is 1.46. The van der Waals surface area contributed by atoms with E-state index in [-0.39, 0.29) is 0 Å². The molecule has 0 N–H and O–H groups in total. The summed E-state index contributed by atoms with van der Waals surface area (Å²) in [5, 5.41) is 0. The van der Waals surface area contributed by atoms with Crippen molar-refractivity contribution in [2.75, 3.05) is 0 Å². The molecule has 3 nitrogen and oxygen atoms in total. The Kier molecular flexibility index (Phi) is 2.44. The molecule has 1 fully saturated rings. The zero-order chi connectivity index (χ0) is 10.4. The van der Waals surface area contributed by atoms with Crippen molar-refractivity contribution in [2.24, 2.45) is 0 Å². The van der Waals surface area contributed by atoms with E-state index in [4.69, 9.17) is 15.1 Å². The van der Waals surface area contributed by atoms with E-state index >= 15 is 0 Å². The molecular formula is C8H8BrClO3S. The van der Waals surface area contributed by atoms with Crippen LogP contribution in [0.5, 0.6) is 0 Å². The highest BCUT2D eigenvalue weighted by Crippen LogP contribution is 2.48. The predicted octanol–water partition coefficient (Wildman–Crippen LogP) is 2.69. The molecule has 6 heteroatoms. The van der Waals surface area contributed by atoms with Gasteiger partial charge in [0.2, 0.25) is 9.05 Å². The van der Waals surface area contributed by atoms with Crippen molar-refractivity contribution in [1.29, 1.82) is 0 Å². The summed E-state index contributed by atoms with van der Waals surface area (Å²) in [6.07, 6.45) is 3.27. The van der Waals surface area contributed by atoms with Crippen LogP contribution >= 0.6 is 26.6 Å². The van der Waals surface area contributed by atoms with Gasteiger partial charge >= 0.3 is 0 Å². The van der Waals surface area contributed by atoms with E-state index in [2.05, 4.69) is 15.9 Å². The Balaban J connectivity index is 2.20. The number of hydrogen-bond acceptors (Lipinski definition) is 3. The largest absolute Gasteiger partial charge is 0.457 e. The Morgan fingerprint density at radius 3 is 2.57 bits per heavy atom. The molecule has 0 bridgehead atoms. The van der Waals surface area contributed by atoms with Crippen LogP contribution in [-0.4, -0.2) is 13.2 Å². The first kappa shape index (κ1) is 10.5. The third-order valence-electron chi connectivity index (χ3n) is 2.47. The molecule has 1 aromatic heterocycles. The second-order valence-electron chi connectivity index (χ2n) is 3.56. The van der Waals surface area contributed by atoms with E-state index in [1.165, 1.54) is 0 Å². The number of rotatable bonds is 3. The second kappa shape index (κ2) is 3.25. The molecule has 1 aliphatic carbocycles. The Morgan fingerprint density at radius 1 is 1.57 bits per heavy atom. The summed E-state index contributed by atoms with van der Waals surface area (Å²) >= 11 is 3.16. The van der Waals surface area contributed by atoms with Gasteiger partial charge in [0.25, 0.3) is 0 Å². The number of hydrogen-bond donors (Lipinski definition) is 0. The van der Waals surface area contributed by atoms with Crippen molar-refractivity contribution < 1.29 is 12.8 Å². The van der Waals surface area contributed by atoms with Gasteiger partial charge in [0, 0.05) is 10.7 Å². The molecular weight excluding hydrogens is 292 g/mol. The van der Waals surface area contributed by atoms with Gasteiger partial charge in [-0.1, -0.05) is 0 Å². The minimum absolute atomic E-state index is 0.438. The van der Waals surface area contributed by atoms with Gasteiger partial charge in [0.05, 0.1) is 11.0 Å². The van der Waals surface area contributed by atoms with Gasteiger partial charge in [-0.05, 0) is 46.8 Å². The molecule has 78 valence electrons. The standard InChI is InChI=1S/C8H8BrClO3S/c9-7-3-6(5-13-7)4-8(1-2-8)14(10,11)12/h3,5H,1-2,4H2. The summed E-state index contributed by atoms with van der Waals surface area (Å²) in [7, 11) is 1.91. The van der Waals surface area contributed by atoms with Crippen LogP contribution in [0.3, 0.4) is 0 Å². The van der Waals surface area contributed by atoms with Crippen molar-refractivity contribution in [3.63, 3.8) is 0 Å². The van der Waals surface area contributed by atoms with Crippen LogP contribution in [0.4, 0.5) is 0 Å². The molecule has 1 aliphatic rings. The zero-order valence-electron chi connectivity index (χ0n) is 7.16. The fourth-order valence-corrected chi connectivity index (χ4v) is 3.40. The summed E-state index contributed by atoms with van der Waals surface area (Å²) in [6, 6.07) is 1.77. The summed E-state index contributed by atoms with van der Waals surface area (Å²) < 4.78 is 27.4. The first-order valence-corrected chi connectivity index (χ1v) is 7.20. The maximum atomic E-state index is 11.2. The number of halogens is 2. The molecule has 1 heterocycles. The molecule has 0 spiro atoms. The van der Waals surface area contributed by atoms with E-state index in [1.807, 2.05) is 0 Å². The lowest BCUT2D eigenvalue weighted by Gasteiger charge is -2.08. The van der Waals surface area contributed by atoms with Gasteiger partial charge in [-0.15, -0.1) is 0 Å². The van der Waals surface area contributed by atoms with Gasteiger partial charge in [-0.2, -0.15) is 0 Å². The van der Waals surface area contributed by atoms with Crippen LogP contribution in [0.25, 0.3) is 0 Å².